The van der Waals surface area contributed by atoms with Gasteiger partial charge in [0.05, 0.1) is 5.75 Å². The number of carbonyl (C=O) groups is 1. The summed E-state index contributed by atoms with van der Waals surface area (Å²) in [6.45, 7) is 3.38. The first-order valence-corrected chi connectivity index (χ1v) is 8.73. The molecule has 0 saturated heterocycles. The van der Waals surface area contributed by atoms with E-state index in [1.165, 1.54) is 18.1 Å². The fourth-order valence-corrected chi connectivity index (χ4v) is 2.59. The lowest BCUT2D eigenvalue weighted by Gasteiger charge is -2.07. The van der Waals surface area contributed by atoms with Gasteiger partial charge < -0.3 is 10.6 Å². The molecule has 0 aliphatic heterocycles. The van der Waals surface area contributed by atoms with Crippen molar-refractivity contribution < 1.29 is 4.79 Å². The first-order chi connectivity index (χ1) is 11.2. The zero-order valence-electron chi connectivity index (χ0n) is 12.9. The number of nitrogens with zero attached hydrogens (tertiary/aromatic N) is 2. The Balaban J connectivity index is 1.84. The first-order valence-electron chi connectivity index (χ1n) is 7.37. The van der Waals surface area contributed by atoms with Gasteiger partial charge in [-0.1, -0.05) is 42.4 Å². The Kier molecular flexibility index (Phi) is 7.16. The maximum atomic E-state index is 11.6. The van der Waals surface area contributed by atoms with Crippen molar-refractivity contribution in [3.63, 3.8) is 0 Å². The summed E-state index contributed by atoms with van der Waals surface area (Å²) in [4.78, 5) is 20.0. The van der Waals surface area contributed by atoms with Crippen LogP contribution in [0.2, 0.25) is 5.02 Å². The molecule has 0 aliphatic carbocycles. The van der Waals surface area contributed by atoms with Gasteiger partial charge in [0, 0.05) is 24.2 Å². The second-order valence-corrected chi connectivity index (χ2v) is 6.29. The highest BCUT2D eigenvalue weighted by atomic mass is 35.5. The summed E-state index contributed by atoms with van der Waals surface area (Å²) in [6, 6.07) is 9.48. The minimum Gasteiger partial charge on any atom is -0.366 e. The molecule has 0 saturated carbocycles. The number of halogens is 1. The number of benzene rings is 1. The van der Waals surface area contributed by atoms with Gasteiger partial charge in [-0.25, -0.2) is 9.97 Å². The van der Waals surface area contributed by atoms with E-state index >= 15 is 0 Å². The quantitative estimate of drug-likeness (QED) is 0.564. The molecular weight excluding hydrogens is 332 g/mol. The molecule has 7 heteroatoms. The van der Waals surface area contributed by atoms with E-state index in [1.54, 1.807) is 0 Å². The standard InChI is InChI=1S/C16H19ClN4OS/c1-2-7-18-15(22)10-23-16-8-14(20-11-21-16)19-9-12-3-5-13(17)6-4-12/h3-6,8,11H,2,7,9-10H2,1H3,(H,18,22)(H,19,20,21). The lowest BCUT2D eigenvalue weighted by Crippen LogP contribution is -2.25. The van der Waals surface area contributed by atoms with Crippen LogP contribution in [0.3, 0.4) is 0 Å². The lowest BCUT2D eigenvalue weighted by atomic mass is 10.2. The molecule has 23 heavy (non-hydrogen) atoms. The van der Waals surface area contributed by atoms with Gasteiger partial charge in [0.1, 0.15) is 17.2 Å². The van der Waals surface area contributed by atoms with E-state index in [-0.39, 0.29) is 5.91 Å². The van der Waals surface area contributed by atoms with Gasteiger partial charge in [-0.2, -0.15) is 0 Å². The minimum atomic E-state index is 0.0196. The summed E-state index contributed by atoms with van der Waals surface area (Å²) in [5.41, 5.74) is 1.11. The van der Waals surface area contributed by atoms with E-state index in [1.807, 2.05) is 37.3 Å². The Hall–Kier alpha value is -1.79. The van der Waals surface area contributed by atoms with E-state index in [0.29, 0.717) is 18.8 Å². The van der Waals surface area contributed by atoms with Crippen LogP contribution in [0.4, 0.5) is 5.82 Å². The SMILES string of the molecule is CCCNC(=O)CSc1cc(NCc2ccc(Cl)cc2)ncn1. The Labute approximate surface area is 145 Å². The van der Waals surface area contributed by atoms with Gasteiger partial charge in [0.15, 0.2) is 0 Å². The number of aromatic nitrogens is 2. The molecule has 1 heterocycles. The maximum absolute atomic E-state index is 11.6. The van der Waals surface area contributed by atoms with Crippen molar-refractivity contribution in [2.75, 3.05) is 17.6 Å². The highest BCUT2D eigenvalue weighted by Crippen LogP contribution is 2.17. The van der Waals surface area contributed by atoms with Gasteiger partial charge in [0.2, 0.25) is 5.91 Å². The van der Waals surface area contributed by atoms with Crippen LogP contribution in [-0.4, -0.2) is 28.2 Å². The maximum Gasteiger partial charge on any atom is 0.230 e. The summed E-state index contributed by atoms with van der Waals surface area (Å²) in [7, 11) is 0. The molecule has 2 N–H and O–H groups in total. The smallest absolute Gasteiger partial charge is 0.230 e. The van der Waals surface area contributed by atoms with Crippen molar-refractivity contribution >= 4 is 35.1 Å². The number of rotatable bonds is 8. The summed E-state index contributed by atoms with van der Waals surface area (Å²) >= 11 is 7.26. The topological polar surface area (TPSA) is 66.9 Å². The lowest BCUT2D eigenvalue weighted by molar-refractivity contribution is -0.118. The second-order valence-electron chi connectivity index (χ2n) is 4.86. The Bertz CT molecular complexity index is 636. The largest absolute Gasteiger partial charge is 0.366 e. The third kappa shape index (κ3) is 6.46. The van der Waals surface area contributed by atoms with Crippen LogP contribution in [-0.2, 0) is 11.3 Å². The first kappa shape index (κ1) is 17.6. The summed E-state index contributed by atoms with van der Waals surface area (Å²) < 4.78 is 0. The molecule has 0 bridgehead atoms. The third-order valence-electron chi connectivity index (χ3n) is 2.95. The Morgan fingerprint density at radius 2 is 2.04 bits per heavy atom. The number of hydrogen-bond donors (Lipinski definition) is 2. The number of carbonyl (C=O) groups excluding carboxylic acids is 1. The second kappa shape index (κ2) is 9.37. The molecule has 122 valence electrons. The third-order valence-corrected chi connectivity index (χ3v) is 4.13. The predicted molar refractivity (Wildman–Crippen MR) is 94.8 cm³/mol. The number of nitrogens with one attached hydrogen (secondary N) is 2. The van der Waals surface area contributed by atoms with Crippen molar-refractivity contribution in [2.45, 2.75) is 24.9 Å². The number of amides is 1. The molecule has 1 aromatic heterocycles. The molecule has 5 nitrogen and oxygen atoms in total. The molecule has 1 aromatic carbocycles. The summed E-state index contributed by atoms with van der Waals surface area (Å²) in [5, 5.41) is 7.56. The van der Waals surface area contributed by atoms with Crippen molar-refractivity contribution in [1.29, 1.82) is 0 Å². The molecule has 2 rings (SSSR count). The average molecular weight is 351 g/mol. The normalized spacial score (nSPS) is 10.3. The van der Waals surface area contributed by atoms with Gasteiger partial charge in [-0.3, -0.25) is 4.79 Å². The van der Waals surface area contributed by atoms with Gasteiger partial charge >= 0.3 is 0 Å². The van der Waals surface area contributed by atoms with Crippen molar-refractivity contribution in [3.05, 3.63) is 47.2 Å². The van der Waals surface area contributed by atoms with Gasteiger partial charge in [-0.05, 0) is 24.1 Å². The summed E-state index contributed by atoms with van der Waals surface area (Å²) in [6.07, 6.45) is 2.43. The van der Waals surface area contributed by atoms with Crippen LogP contribution in [0.15, 0.2) is 41.7 Å². The molecule has 0 fully saturated rings. The van der Waals surface area contributed by atoms with Crippen LogP contribution in [0.25, 0.3) is 0 Å². The fraction of sp³-hybridized carbons (Fsp3) is 0.312. The predicted octanol–water partition coefficient (Wildman–Crippen LogP) is 3.36. The minimum absolute atomic E-state index is 0.0196. The van der Waals surface area contributed by atoms with Crippen LogP contribution in [0.5, 0.6) is 0 Å². The van der Waals surface area contributed by atoms with Crippen molar-refractivity contribution in [1.82, 2.24) is 15.3 Å². The highest BCUT2D eigenvalue weighted by Gasteiger charge is 2.04. The molecule has 0 unspecified atom stereocenters. The molecule has 0 radical (unpaired) electrons. The van der Waals surface area contributed by atoms with E-state index in [9.17, 15) is 4.79 Å². The average Bonchev–Trinajstić information content (AvgIpc) is 2.58. The van der Waals surface area contributed by atoms with Crippen molar-refractivity contribution in [2.24, 2.45) is 0 Å². The number of hydrogen-bond acceptors (Lipinski definition) is 5. The Morgan fingerprint density at radius 1 is 1.26 bits per heavy atom. The van der Waals surface area contributed by atoms with Gasteiger partial charge in [0.25, 0.3) is 0 Å². The van der Waals surface area contributed by atoms with E-state index in [2.05, 4.69) is 20.6 Å². The van der Waals surface area contributed by atoms with Crippen LogP contribution in [0.1, 0.15) is 18.9 Å². The number of thioether (sulfide) groups is 1. The monoisotopic (exact) mass is 350 g/mol. The van der Waals surface area contributed by atoms with E-state index < -0.39 is 0 Å². The zero-order valence-corrected chi connectivity index (χ0v) is 14.5. The molecule has 0 atom stereocenters. The molecule has 1 amide bonds. The highest BCUT2D eigenvalue weighted by molar-refractivity contribution is 7.99. The Morgan fingerprint density at radius 3 is 2.78 bits per heavy atom. The summed E-state index contributed by atoms with van der Waals surface area (Å²) in [5.74, 6) is 1.10. The molecule has 0 spiro atoms. The van der Waals surface area contributed by atoms with Crippen LogP contribution >= 0.6 is 23.4 Å². The number of anilines is 1. The fourth-order valence-electron chi connectivity index (χ4n) is 1.76. The zero-order chi connectivity index (χ0) is 16.5. The van der Waals surface area contributed by atoms with E-state index in [0.717, 1.165) is 27.9 Å². The van der Waals surface area contributed by atoms with E-state index in [4.69, 9.17) is 11.6 Å². The van der Waals surface area contributed by atoms with Crippen LogP contribution < -0.4 is 10.6 Å². The van der Waals surface area contributed by atoms with Gasteiger partial charge in [-0.15, -0.1) is 0 Å². The van der Waals surface area contributed by atoms with Crippen molar-refractivity contribution in [3.8, 4) is 0 Å². The van der Waals surface area contributed by atoms with Crippen LogP contribution in [0, 0.1) is 0 Å². The molecule has 2 aromatic rings. The molecular formula is C16H19ClN4OS. The molecule has 0 aliphatic rings.